The largest absolute Gasteiger partial charge is 0.348 e. The molecule has 1 N–H and O–H groups in total. The van der Waals surface area contributed by atoms with E-state index < -0.39 is 10.0 Å². The highest BCUT2D eigenvalue weighted by Gasteiger charge is 2.33. The Morgan fingerprint density at radius 3 is 2.36 bits per heavy atom. The van der Waals surface area contributed by atoms with Crippen molar-refractivity contribution in [1.82, 2.24) is 19.4 Å². The molecule has 8 heteroatoms. The summed E-state index contributed by atoms with van der Waals surface area (Å²) in [4.78, 5) is 13.3. The molecule has 1 heterocycles. The minimum atomic E-state index is -3.49. The maximum atomic E-state index is 13.0. The van der Waals surface area contributed by atoms with Gasteiger partial charge in [-0.25, -0.2) is 13.1 Å². The number of carbonyl (C=O) groups excluding carboxylic acids is 1. The zero-order chi connectivity index (χ0) is 23.6. The van der Waals surface area contributed by atoms with Gasteiger partial charge in [-0.3, -0.25) is 4.79 Å². The van der Waals surface area contributed by atoms with Gasteiger partial charge in [0.1, 0.15) is 0 Å². The van der Waals surface area contributed by atoms with Gasteiger partial charge in [-0.05, 0) is 49.1 Å². The van der Waals surface area contributed by atoms with Crippen molar-refractivity contribution < 1.29 is 13.2 Å². The number of hydrogen-bond acceptors (Lipinski definition) is 4. The lowest BCUT2D eigenvalue weighted by molar-refractivity contribution is 0.0950. The molecule has 0 atom stereocenters. The smallest absolute Gasteiger partial charge is 0.255 e. The van der Waals surface area contributed by atoms with Crippen molar-refractivity contribution in [3.05, 3.63) is 77.1 Å². The van der Waals surface area contributed by atoms with Crippen molar-refractivity contribution in [2.45, 2.75) is 51.0 Å². The molecule has 1 amide bonds. The number of nitrogens with one attached hydrogen (secondary N) is 1. The first kappa shape index (κ1) is 23.2. The van der Waals surface area contributed by atoms with Crippen molar-refractivity contribution in [2.24, 2.45) is 0 Å². The Kier molecular flexibility index (Phi) is 6.67. The molecule has 0 spiro atoms. The van der Waals surface area contributed by atoms with E-state index in [4.69, 9.17) is 0 Å². The third-order valence-corrected chi connectivity index (χ3v) is 8.14. The zero-order valence-electron chi connectivity index (χ0n) is 19.3. The van der Waals surface area contributed by atoms with E-state index in [1.54, 1.807) is 30.5 Å². The Balaban J connectivity index is 1.49. The van der Waals surface area contributed by atoms with Gasteiger partial charge >= 0.3 is 0 Å². The van der Waals surface area contributed by atoms with Crippen LogP contribution in [-0.2, 0) is 16.6 Å². The molecule has 4 rings (SSSR count). The zero-order valence-corrected chi connectivity index (χ0v) is 20.1. The summed E-state index contributed by atoms with van der Waals surface area (Å²) < 4.78 is 28.6. The second-order valence-electron chi connectivity index (χ2n) is 8.33. The Labute approximate surface area is 195 Å². The molecule has 0 aliphatic heterocycles. The lowest BCUT2D eigenvalue weighted by Crippen LogP contribution is -2.30. The van der Waals surface area contributed by atoms with E-state index in [9.17, 15) is 13.2 Å². The lowest BCUT2D eigenvalue weighted by Gasteiger charge is -2.18. The van der Waals surface area contributed by atoms with Gasteiger partial charge in [0, 0.05) is 25.6 Å². The molecular formula is C25H30N4O3S. The van der Waals surface area contributed by atoms with Crippen LogP contribution >= 0.6 is 0 Å². The van der Waals surface area contributed by atoms with E-state index in [0.717, 1.165) is 35.3 Å². The van der Waals surface area contributed by atoms with Crippen LogP contribution in [0.5, 0.6) is 0 Å². The number of rotatable bonds is 9. The summed E-state index contributed by atoms with van der Waals surface area (Å²) in [6, 6.07) is 14.7. The van der Waals surface area contributed by atoms with Gasteiger partial charge in [-0.1, -0.05) is 44.2 Å². The van der Waals surface area contributed by atoms with Crippen LogP contribution in [0.25, 0.3) is 5.69 Å². The third-order valence-electron chi connectivity index (χ3n) is 6.08. The molecule has 33 heavy (non-hydrogen) atoms. The molecule has 7 nitrogen and oxygen atoms in total. The highest BCUT2D eigenvalue weighted by atomic mass is 32.2. The van der Waals surface area contributed by atoms with Gasteiger partial charge in [-0.15, -0.1) is 0 Å². The molecule has 3 aromatic rings. The number of aromatic nitrogens is 2. The molecule has 174 valence electrons. The average molecular weight is 467 g/mol. The molecule has 0 unspecified atom stereocenters. The monoisotopic (exact) mass is 466 g/mol. The molecule has 0 radical (unpaired) electrons. The summed E-state index contributed by atoms with van der Waals surface area (Å²) in [5.41, 5.74) is 4.49. The van der Waals surface area contributed by atoms with Crippen LogP contribution in [0, 0.1) is 6.92 Å². The SMILES string of the molecule is CCN(CC)S(=O)(=O)c1ccc(CNC(=O)c2cnn(-c3ccccc3C)c2C2CC2)cc1. The van der Waals surface area contributed by atoms with Gasteiger partial charge in [0.05, 0.1) is 28.0 Å². The fourth-order valence-corrected chi connectivity index (χ4v) is 5.50. The summed E-state index contributed by atoms with van der Waals surface area (Å²) >= 11 is 0. The van der Waals surface area contributed by atoms with Crippen molar-refractivity contribution in [3.8, 4) is 5.69 Å². The summed E-state index contributed by atoms with van der Waals surface area (Å²) in [5.74, 6) is 0.175. The average Bonchev–Trinajstić information content (AvgIpc) is 3.56. The van der Waals surface area contributed by atoms with E-state index in [-0.39, 0.29) is 10.8 Å². The maximum Gasteiger partial charge on any atom is 0.255 e. The van der Waals surface area contributed by atoms with Gasteiger partial charge in [0.15, 0.2) is 0 Å². The molecular weight excluding hydrogens is 436 g/mol. The first-order valence-corrected chi connectivity index (χ1v) is 12.8. The highest BCUT2D eigenvalue weighted by Crippen LogP contribution is 2.42. The van der Waals surface area contributed by atoms with E-state index in [1.807, 2.05) is 49.7 Å². The third kappa shape index (κ3) is 4.72. The second kappa shape index (κ2) is 9.49. The van der Waals surface area contributed by atoms with Gasteiger partial charge < -0.3 is 5.32 Å². The van der Waals surface area contributed by atoms with Crippen LogP contribution in [0.15, 0.2) is 59.6 Å². The Morgan fingerprint density at radius 2 is 1.76 bits per heavy atom. The molecule has 1 fully saturated rings. The van der Waals surface area contributed by atoms with Crippen LogP contribution < -0.4 is 5.32 Å². The number of sulfonamides is 1. The minimum absolute atomic E-state index is 0.170. The van der Waals surface area contributed by atoms with Crippen molar-refractivity contribution in [3.63, 3.8) is 0 Å². The summed E-state index contributed by atoms with van der Waals surface area (Å²) in [5, 5.41) is 7.51. The van der Waals surface area contributed by atoms with Gasteiger partial charge in [-0.2, -0.15) is 9.40 Å². The normalized spacial score (nSPS) is 13.9. The van der Waals surface area contributed by atoms with E-state index in [0.29, 0.717) is 31.1 Å². The predicted octanol–water partition coefficient (Wildman–Crippen LogP) is 4.02. The van der Waals surface area contributed by atoms with Crippen LogP contribution in [0.1, 0.15) is 59.8 Å². The fraction of sp³-hybridized carbons (Fsp3) is 0.360. The topological polar surface area (TPSA) is 84.3 Å². The Hall–Kier alpha value is -2.97. The predicted molar refractivity (Wildman–Crippen MR) is 128 cm³/mol. The number of benzene rings is 2. The van der Waals surface area contributed by atoms with Crippen molar-refractivity contribution in [1.29, 1.82) is 0 Å². The summed E-state index contributed by atoms with van der Waals surface area (Å²) in [6.07, 6.45) is 3.76. The molecule has 0 saturated heterocycles. The number of nitrogens with zero attached hydrogens (tertiary/aromatic N) is 3. The number of aryl methyl sites for hydroxylation is 1. The number of carbonyl (C=O) groups is 1. The number of amides is 1. The van der Waals surface area contributed by atoms with Gasteiger partial charge in [0.25, 0.3) is 5.91 Å². The molecule has 1 aliphatic rings. The standard InChI is InChI=1S/C25H30N4O3S/c1-4-28(5-2)33(31,32)21-14-10-19(11-15-21)16-26-25(30)22-17-27-29(24(22)20-12-13-20)23-9-7-6-8-18(23)3/h6-11,14-15,17,20H,4-5,12-13,16H2,1-3H3,(H,26,30). The molecule has 1 saturated carbocycles. The molecule has 1 aliphatic carbocycles. The number of para-hydroxylation sites is 1. The summed E-state index contributed by atoms with van der Waals surface area (Å²) in [7, 11) is -3.49. The summed E-state index contributed by atoms with van der Waals surface area (Å²) in [6.45, 7) is 6.85. The molecule has 0 bridgehead atoms. The lowest BCUT2D eigenvalue weighted by atomic mass is 10.1. The van der Waals surface area contributed by atoms with E-state index in [1.165, 1.54) is 4.31 Å². The second-order valence-corrected chi connectivity index (χ2v) is 10.3. The minimum Gasteiger partial charge on any atom is -0.348 e. The van der Waals surface area contributed by atoms with Crippen LogP contribution in [0.4, 0.5) is 0 Å². The van der Waals surface area contributed by atoms with Gasteiger partial charge in [0.2, 0.25) is 10.0 Å². The van der Waals surface area contributed by atoms with Crippen LogP contribution in [-0.4, -0.2) is 41.5 Å². The molecule has 1 aromatic heterocycles. The highest BCUT2D eigenvalue weighted by molar-refractivity contribution is 7.89. The van der Waals surface area contributed by atoms with Crippen LogP contribution in [0.3, 0.4) is 0 Å². The van der Waals surface area contributed by atoms with E-state index in [2.05, 4.69) is 10.4 Å². The number of hydrogen-bond donors (Lipinski definition) is 1. The van der Waals surface area contributed by atoms with Crippen molar-refractivity contribution >= 4 is 15.9 Å². The first-order chi connectivity index (χ1) is 15.9. The first-order valence-electron chi connectivity index (χ1n) is 11.4. The molecule has 2 aromatic carbocycles. The quantitative estimate of drug-likeness (QED) is 0.516. The Morgan fingerprint density at radius 1 is 1.09 bits per heavy atom. The van der Waals surface area contributed by atoms with Crippen LogP contribution in [0.2, 0.25) is 0 Å². The fourth-order valence-electron chi connectivity index (χ4n) is 4.04. The Bertz CT molecular complexity index is 1240. The van der Waals surface area contributed by atoms with Crippen molar-refractivity contribution in [2.75, 3.05) is 13.1 Å². The maximum absolute atomic E-state index is 13.0. The van der Waals surface area contributed by atoms with E-state index >= 15 is 0 Å².